The summed E-state index contributed by atoms with van der Waals surface area (Å²) >= 11 is 1.42. The summed E-state index contributed by atoms with van der Waals surface area (Å²) in [4.78, 5) is 11.3. The fourth-order valence-corrected chi connectivity index (χ4v) is 5.23. The highest BCUT2D eigenvalue weighted by Crippen LogP contribution is 2.49. The molecule has 3 atom stereocenters. The molecule has 0 aliphatic heterocycles. The van der Waals surface area contributed by atoms with Crippen molar-refractivity contribution in [1.82, 2.24) is 0 Å². The number of phosphoric ester groups is 1. The molecule has 0 fully saturated rings. The summed E-state index contributed by atoms with van der Waals surface area (Å²) in [6.07, 6.45) is -0.214. The Bertz CT molecular complexity index is 1280. The van der Waals surface area contributed by atoms with Crippen LogP contribution in [0.15, 0.2) is 46.1 Å². The van der Waals surface area contributed by atoms with Crippen LogP contribution in [0.1, 0.15) is 41.5 Å². The Hall–Kier alpha value is -1.73. The van der Waals surface area contributed by atoms with Crippen molar-refractivity contribution in [2.45, 2.75) is 65.0 Å². The minimum absolute atomic E-state index is 0.0335. The number of nitrogens with zero attached hydrogens (tertiary/aromatic N) is 4. The third-order valence-corrected chi connectivity index (χ3v) is 7.78. The van der Waals surface area contributed by atoms with Crippen LogP contribution in [0.5, 0.6) is 0 Å². The second-order valence-electron chi connectivity index (χ2n) is 11.4. The Morgan fingerprint density at radius 1 is 0.909 bits per heavy atom. The summed E-state index contributed by atoms with van der Waals surface area (Å²) in [5, 5.41) is 37.9. The molecular weight excluding hydrogens is 646 g/mol. The molecule has 1 aromatic carbocycles. The Morgan fingerprint density at radius 2 is 1.52 bits per heavy atom. The fourth-order valence-electron chi connectivity index (χ4n) is 3.55. The molecule has 0 bridgehead atoms. The highest BCUT2D eigenvalue weighted by molar-refractivity contribution is 7.48. The van der Waals surface area contributed by atoms with Crippen LogP contribution in [-0.2, 0) is 48.7 Å². The summed E-state index contributed by atoms with van der Waals surface area (Å²) in [5.41, 5.74) is -0.337. The quantitative estimate of drug-likeness (QED) is 0.0475. The molecule has 0 radical (unpaired) electrons. The van der Waals surface area contributed by atoms with E-state index >= 15 is 0 Å². The highest BCUT2D eigenvalue weighted by Gasteiger charge is 2.35. The number of thiazole rings is 1. The van der Waals surface area contributed by atoms with Gasteiger partial charge in [0.2, 0.25) is 0 Å². The smallest absolute Gasteiger partial charge is 0.373 e. The van der Waals surface area contributed by atoms with Gasteiger partial charge in [-0.2, -0.15) is 0 Å². The first-order valence-electron chi connectivity index (χ1n) is 13.1. The zero-order chi connectivity index (χ0) is 33.2. The van der Waals surface area contributed by atoms with Crippen LogP contribution in [0.4, 0.5) is 16.5 Å². The second-order valence-corrected chi connectivity index (χ2v) is 15.0. The SMILES string of the molecule is C[n+]1ccsc1N=Nc1ccc(N(CC(COP(=O)(O)OO)OC(C)(C)C)CC(COC(C)(C)C)OP(=O)(OO)OO)cc1. The average molecular weight is 688 g/mol. The lowest BCUT2D eigenvalue weighted by atomic mass is 10.1. The van der Waals surface area contributed by atoms with Crippen LogP contribution in [0.2, 0.25) is 0 Å². The zero-order valence-electron chi connectivity index (χ0n) is 25.5. The number of aromatic nitrogens is 1. The topological polar surface area (TPSA) is 212 Å². The number of ether oxygens (including phenoxy) is 2. The normalized spacial score (nSPS) is 15.8. The summed E-state index contributed by atoms with van der Waals surface area (Å²) in [7, 11) is -7.74. The van der Waals surface area contributed by atoms with E-state index in [2.05, 4.69) is 24.3 Å². The van der Waals surface area contributed by atoms with Gasteiger partial charge in [-0.15, -0.1) is 14.0 Å². The highest BCUT2D eigenvalue weighted by atomic mass is 32.1. The van der Waals surface area contributed by atoms with Gasteiger partial charge >= 0.3 is 20.8 Å². The van der Waals surface area contributed by atoms with E-state index in [0.717, 1.165) is 0 Å². The lowest BCUT2D eigenvalue weighted by molar-refractivity contribution is -0.654. The molecule has 4 N–H and O–H groups in total. The molecule has 250 valence electrons. The molecule has 2 aromatic rings. The van der Waals surface area contributed by atoms with Gasteiger partial charge in [0.25, 0.3) is 0 Å². The van der Waals surface area contributed by atoms with Crippen molar-refractivity contribution in [3.63, 3.8) is 0 Å². The van der Waals surface area contributed by atoms with Gasteiger partial charge in [0.1, 0.15) is 18.0 Å². The van der Waals surface area contributed by atoms with E-state index in [1.807, 2.05) is 23.2 Å². The van der Waals surface area contributed by atoms with Crippen molar-refractivity contribution in [1.29, 1.82) is 0 Å². The van der Waals surface area contributed by atoms with E-state index in [1.54, 1.807) is 70.7 Å². The standard InChI is InChI=1S/C24H40N4O13P2S/c1-23(2,3)35-16-21(38-43(34,40-30)41-31)15-28(14-20(37-24(4,5)6)17-36-42(32,33)39-29)19-10-8-18(9-11-19)25-26-22-27(7)12-13-44-22/h8-13,20-21H,14-17H2,1-7H3,(H3-,29,30,31,32,33)/p+1. The summed E-state index contributed by atoms with van der Waals surface area (Å²) in [6, 6.07) is 6.80. The van der Waals surface area contributed by atoms with Gasteiger partial charge in [-0.05, 0) is 82.3 Å². The molecule has 20 heteroatoms. The van der Waals surface area contributed by atoms with Crippen molar-refractivity contribution >= 4 is 43.5 Å². The first kappa shape index (κ1) is 38.5. The number of azo groups is 1. The van der Waals surface area contributed by atoms with E-state index in [0.29, 0.717) is 16.5 Å². The zero-order valence-corrected chi connectivity index (χ0v) is 28.1. The number of aryl methyl sites for hydroxylation is 1. The Morgan fingerprint density at radius 3 is 2.02 bits per heavy atom. The number of phosphoric acid groups is 2. The third-order valence-electron chi connectivity index (χ3n) is 5.30. The van der Waals surface area contributed by atoms with Gasteiger partial charge in [-0.3, -0.25) is 9.05 Å². The van der Waals surface area contributed by atoms with E-state index < -0.39 is 45.7 Å². The largest absolute Gasteiger partial charge is 0.529 e. The van der Waals surface area contributed by atoms with Gasteiger partial charge < -0.3 is 19.3 Å². The van der Waals surface area contributed by atoms with Crippen LogP contribution in [0.3, 0.4) is 0 Å². The average Bonchev–Trinajstić information content (AvgIpc) is 3.36. The fraction of sp³-hybridized carbons (Fsp3) is 0.625. The molecule has 44 heavy (non-hydrogen) atoms. The number of hydrogen-bond acceptors (Lipinski definition) is 16. The van der Waals surface area contributed by atoms with Crippen LogP contribution in [0, 0.1) is 0 Å². The lowest BCUT2D eigenvalue weighted by Gasteiger charge is -2.35. The molecule has 1 aromatic heterocycles. The summed E-state index contributed by atoms with van der Waals surface area (Å²) < 4.78 is 59.3. The van der Waals surface area contributed by atoms with E-state index in [-0.39, 0.29) is 19.7 Å². The van der Waals surface area contributed by atoms with Crippen molar-refractivity contribution in [3.8, 4) is 0 Å². The molecule has 17 nitrogen and oxygen atoms in total. The van der Waals surface area contributed by atoms with E-state index in [9.17, 15) is 14.0 Å². The molecule has 0 aliphatic carbocycles. The lowest BCUT2D eigenvalue weighted by Crippen LogP contribution is -2.45. The Kier molecular flexibility index (Phi) is 14.6. The molecule has 3 unspecified atom stereocenters. The Balaban J connectivity index is 2.46. The predicted octanol–water partition coefficient (Wildman–Crippen LogP) is 5.87. The molecule has 0 saturated heterocycles. The second kappa shape index (κ2) is 16.7. The van der Waals surface area contributed by atoms with Crippen LogP contribution < -0.4 is 9.47 Å². The third kappa shape index (κ3) is 14.1. The van der Waals surface area contributed by atoms with Crippen molar-refractivity contribution < 1.29 is 66.9 Å². The molecular formula is C24H41N4O13P2S+. The van der Waals surface area contributed by atoms with E-state index in [4.69, 9.17) is 34.3 Å². The molecule has 0 amide bonds. The minimum atomic E-state index is -4.81. The van der Waals surface area contributed by atoms with Crippen molar-refractivity contribution in [3.05, 3.63) is 35.8 Å². The van der Waals surface area contributed by atoms with Crippen molar-refractivity contribution in [2.24, 2.45) is 17.3 Å². The van der Waals surface area contributed by atoms with Gasteiger partial charge in [0.15, 0.2) is 0 Å². The molecule has 0 spiro atoms. The number of hydrogen-bond donors (Lipinski definition) is 4. The molecule has 1 heterocycles. The molecule has 0 aliphatic rings. The van der Waals surface area contributed by atoms with Crippen molar-refractivity contribution in [2.75, 3.05) is 31.2 Å². The molecule has 0 saturated carbocycles. The first-order chi connectivity index (χ1) is 20.4. The van der Waals surface area contributed by atoms with E-state index in [1.165, 1.54) is 11.3 Å². The van der Waals surface area contributed by atoms with Crippen LogP contribution in [-0.4, -0.2) is 70.4 Å². The number of benzene rings is 1. The Labute approximate surface area is 259 Å². The van der Waals surface area contributed by atoms with Gasteiger partial charge in [0.05, 0.1) is 42.7 Å². The van der Waals surface area contributed by atoms with Gasteiger partial charge in [-0.1, -0.05) is 0 Å². The van der Waals surface area contributed by atoms with Crippen LogP contribution >= 0.6 is 27.0 Å². The predicted molar refractivity (Wildman–Crippen MR) is 158 cm³/mol. The number of anilines is 1. The summed E-state index contributed by atoms with van der Waals surface area (Å²) in [6.45, 7) is 9.75. The first-order valence-corrected chi connectivity index (χ1v) is 17.0. The maximum absolute atomic E-state index is 12.5. The maximum atomic E-state index is 12.5. The van der Waals surface area contributed by atoms with Crippen LogP contribution in [0.25, 0.3) is 0 Å². The van der Waals surface area contributed by atoms with Gasteiger partial charge in [0, 0.05) is 24.2 Å². The minimum Gasteiger partial charge on any atom is -0.373 e. The molecule has 2 rings (SSSR count). The number of rotatable bonds is 18. The summed E-state index contributed by atoms with van der Waals surface area (Å²) in [5.74, 6) is 0. The monoisotopic (exact) mass is 687 g/mol. The maximum Gasteiger partial charge on any atom is 0.529 e. The van der Waals surface area contributed by atoms with Gasteiger partial charge in [-0.25, -0.2) is 29.5 Å².